The molecular formula is C17H13BrClFN2O4. The van der Waals surface area contributed by atoms with Gasteiger partial charge in [0, 0.05) is 4.47 Å². The lowest BCUT2D eigenvalue weighted by molar-refractivity contribution is -0.123. The van der Waals surface area contributed by atoms with Gasteiger partial charge in [0.25, 0.3) is 5.91 Å². The zero-order valence-corrected chi connectivity index (χ0v) is 15.7. The average Bonchev–Trinajstić information content (AvgIpc) is 2.57. The van der Waals surface area contributed by atoms with E-state index in [9.17, 15) is 18.8 Å². The van der Waals surface area contributed by atoms with E-state index in [-0.39, 0.29) is 21.8 Å². The first-order chi connectivity index (χ1) is 12.2. The van der Waals surface area contributed by atoms with E-state index in [1.165, 1.54) is 37.3 Å². The van der Waals surface area contributed by atoms with Crippen LogP contribution in [0.2, 0.25) is 5.02 Å². The molecule has 2 amide bonds. The summed E-state index contributed by atoms with van der Waals surface area (Å²) in [6, 6.07) is 8.32. The Morgan fingerprint density at radius 2 is 1.88 bits per heavy atom. The highest BCUT2D eigenvalue weighted by atomic mass is 79.9. The Kier molecular flexibility index (Phi) is 6.33. The number of anilines is 1. The Bertz CT molecular complexity index is 891. The number of nitrogens with two attached hydrogens (primary N) is 1. The molecule has 0 saturated carbocycles. The molecule has 0 aliphatic heterocycles. The molecule has 0 radical (unpaired) electrons. The van der Waals surface area contributed by atoms with Crippen molar-refractivity contribution in [3.63, 3.8) is 0 Å². The zero-order chi connectivity index (χ0) is 19.4. The maximum absolute atomic E-state index is 14.0. The fourth-order valence-electron chi connectivity index (χ4n) is 2.12. The Balaban J connectivity index is 2.44. The highest BCUT2D eigenvalue weighted by molar-refractivity contribution is 9.10. The van der Waals surface area contributed by atoms with Gasteiger partial charge >= 0.3 is 6.09 Å². The number of hydrogen-bond acceptors (Lipinski definition) is 4. The van der Waals surface area contributed by atoms with E-state index in [0.717, 1.165) is 6.07 Å². The molecular weight excluding hydrogens is 431 g/mol. The molecule has 0 bridgehead atoms. The zero-order valence-electron chi connectivity index (χ0n) is 13.4. The minimum Gasteiger partial charge on any atom is -0.437 e. The number of ether oxygens (including phenoxy) is 1. The number of halogens is 3. The number of primary amides is 1. The normalized spacial score (nSPS) is 11.5. The first-order valence-corrected chi connectivity index (χ1v) is 8.43. The quantitative estimate of drug-likeness (QED) is 0.685. The maximum atomic E-state index is 14.0. The average molecular weight is 444 g/mol. The number of rotatable bonds is 5. The highest BCUT2D eigenvalue weighted by Gasteiger charge is 2.24. The van der Waals surface area contributed by atoms with Crippen LogP contribution in [0.15, 0.2) is 40.9 Å². The molecule has 9 heteroatoms. The number of benzene rings is 2. The summed E-state index contributed by atoms with van der Waals surface area (Å²) in [6.07, 6.45) is -2.32. The summed E-state index contributed by atoms with van der Waals surface area (Å²) in [5, 5.41) is 2.43. The molecule has 6 nitrogen and oxygen atoms in total. The first kappa shape index (κ1) is 19.9. The van der Waals surface area contributed by atoms with Crippen molar-refractivity contribution in [2.45, 2.75) is 13.0 Å². The summed E-state index contributed by atoms with van der Waals surface area (Å²) < 4.78 is 19.0. The van der Waals surface area contributed by atoms with Crippen molar-refractivity contribution in [2.24, 2.45) is 5.73 Å². The van der Waals surface area contributed by atoms with Crippen molar-refractivity contribution in [3.8, 4) is 0 Å². The fourth-order valence-corrected chi connectivity index (χ4v) is 2.70. The third-order valence-electron chi connectivity index (χ3n) is 3.36. The van der Waals surface area contributed by atoms with E-state index in [4.69, 9.17) is 17.3 Å². The van der Waals surface area contributed by atoms with E-state index in [1.807, 2.05) is 0 Å². The number of hydrogen-bond donors (Lipinski definition) is 2. The number of carbonyl (C=O) groups excluding carboxylic acids is 3. The van der Waals surface area contributed by atoms with E-state index < -0.39 is 29.7 Å². The lowest BCUT2D eigenvalue weighted by Crippen LogP contribution is -2.32. The molecule has 2 rings (SSSR count). The molecule has 0 fully saturated rings. The van der Waals surface area contributed by atoms with Gasteiger partial charge in [0.1, 0.15) is 5.82 Å². The molecule has 0 heterocycles. The van der Waals surface area contributed by atoms with Gasteiger partial charge in [-0.2, -0.15) is 0 Å². The molecule has 1 atom stereocenters. The van der Waals surface area contributed by atoms with Crippen molar-refractivity contribution in [3.05, 3.63) is 62.8 Å². The molecule has 136 valence electrons. The monoisotopic (exact) mass is 442 g/mol. The summed E-state index contributed by atoms with van der Waals surface area (Å²) in [4.78, 5) is 35.7. The number of carbonyl (C=O) groups is 3. The second kappa shape index (κ2) is 8.29. The Labute approximate surface area is 161 Å². The predicted molar refractivity (Wildman–Crippen MR) is 97.7 cm³/mol. The molecule has 2 aromatic rings. The van der Waals surface area contributed by atoms with Crippen molar-refractivity contribution in [2.75, 3.05) is 5.32 Å². The third-order valence-corrected chi connectivity index (χ3v) is 4.64. The van der Waals surface area contributed by atoms with Crippen LogP contribution in [0, 0.1) is 5.82 Å². The number of amides is 2. The van der Waals surface area contributed by atoms with Crippen LogP contribution in [-0.4, -0.2) is 23.9 Å². The minimum atomic E-state index is -1.20. The lowest BCUT2D eigenvalue weighted by atomic mass is 10.0. The molecule has 2 aromatic carbocycles. The van der Waals surface area contributed by atoms with Crippen LogP contribution in [0.5, 0.6) is 0 Å². The molecule has 0 aliphatic carbocycles. The van der Waals surface area contributed by atoms with Gasteiger partial charge in [0.05, 0.1) is 21.8 Å². The smallest absolute Gasteiger partial charge is 0.405 e. The van der Waals surface area contributed by atoms with Crippen LogP contribution in [0.1, 0.15) is 22.8 Å². The van der Waals surface area contributed by atoms with E-state index >= 15 is 0 Å². The van der Waals surface area contributed by atoms with Crippen LogP contribution >= 0.6 is 27.5 Å². The largest absolute Gasteiger partial charge is 0.437 e. The van der Waals surface area contributed by atoms with Gasteiger partial charge < -0.3 is 15.8 Å². The molecule has 1 unspecified atom stereocenters. The Morgan fingerprint density at radius 1 is 1.23 bits per heavy atom. The van der Waals surface area contributed by atoms with Crippen LogP contribution in [0.3, 0.4) is 0 Å². The molecule has 0 aromatic heterocycles. The molecule has 3 N–H and O–H groups in total. The summed E-state index contributed by atoms with van der Waals surface area (Å²) in [5.74, 6) is -2.17. The molecule has 0 saturated heterocycles. The van der Waals surface area contributed by atoms with Gasteiger partial charge in [-0.05, 0) is 47.1 Å². The lowest BCUT2D eigenvalue weighted by Gasteiger charge is -2.16. The van der Waals surface area contributed by atoms with Gasteiger partial charge in [-0.25, -0.2) is 9.18 Å². The number of ketones is 1. The molecule has 0 spiro atoms. The fraction of sp³-hybridized carbons (Fsp3) is 0.118. The highest BCUT2D eigenvalue weighted by Crippen LogP contribution is 2.34. The topological polar surface area (TPSA) is 98.5 Å². The summed E-state index contributed by atoms with van der Waals surface area (Å²) >= 11 is 9.39. The van der Waals surface area contributed by atoms with Gasteiger partial charge in [-0.15, -0.1) is 0 Å². The van der Waals surface area contributed by atoms with Crippen molar-refractivity contribution >= 4 is 51.0 Å². The SMILES string of the molecule is CC(OC(N)=O)C(=O)Nc1ccc(Br)c(Cl)c1C(=O)c1ccccc1F. The standard InChI is InChI=1S/C17H13BrClFN2O4/c1-8(26-17(21)25)16(24)22-12-7-6-10(18)14(19)13(12)15(23)9-4-2-3-5-11(9)20/h2-8H,1H3,(H2,21,25)(H,22,24). The van der Waals surface area contributed by atoms with Crippen molar-refractivity contribution in [1.82, 2.24) is 0 Å². The van der Waals surface area contributed by atoms with Gasteiger partial charge in [0.2, 0.25) is 0 Å². The van der Waals surface area contributed by atoms with E-state index in [0.29, 0.717) is 4.47 Å². The van der Waals surface area contributed by atoms with Crippen molar-refractivity contribution in [1.29, 1.82) is 0 Å². The van der Waals surface area contributed by atoms with Gasteiger partial charge in [-0.3, -0.25) is 9.59 Å². The summed E-state index contributed by atoms with van der Waals surface area (Å²) in [6.45, 7) is 1.30. The van der Waals surface area contributed by atoms with Gasteiger partial charge in [-0.1, -0.05) is 23.7 Å². The van der Waals surface area contributed by atoms with Crippen LogP contribution in [-0.2, 0) is 9.53 Å². The Hall–Kier alpha value is -2.45. The maximum Gasteiger partial charge on any atom is 0.405 e. The van der Waals surface area contributed by atoms with E-state index in [1.54, 1.807) is 0 Å². The molecule has 26 heavy (non-hydrogen) atoms. The van der Waals surface area contributed by atoms with Crippen LogP contribution in [0.4, 0.5) is 14.9 Å². The van der Waals surface area contributed by atoms with E-state index in [2.05, 4.69) is 26.0 Å². The van der Waals surface area contributed by atoms with Crippen LogP contribution in [0.25, 0.3) is 0 Å². The third kappa shape index (κ3) is 4.39. The minimum absolute atomic E-state index is 0.000439. The second-order valence-corrected chi connectivity index (χ2v) is 6.39. The summed E-state index contributed by atoms with van der Waals surface area (Å²) in [5.41, 5.74) is 4.60. The molecule has 0 aliphatic rings. The predicted octanol–water partition coefficient (Wildman–Crippen LogP) is 3.89. The second-order valence-electron chi connectivity index (χ2n) is 5.16. The Morgan fingerprint density at radius 3 is 2.50 bits per heavy atom. The number of nitrogens with one attached hydrogen (secondary N) is 1. The first-order valence-electron chi connectivity index (χ1n) is 7.26. The van der Waals surface area contributed by atoms with Crippen molar-refractivity contribution < 1.29 is 23.5 Å². The summed E-state index contributed by atoms with van der Waals surface area (Å²) in [7, 11) is 0. The van der Waals surface area contributed by atoms with Gasteiger partial charge in [0.15, 0.2) is 11.9 Å². The van der Waals surface area contributed by atoms with Crippen LogP contribution < -0.4 is 11.1 Å².